The minimum atomic E-state index is -1.63. The van der Waals surface area contributed by atoms with Gasteiger partial charge in [0, 0.05) is 13.0 Å². The fraction of sp³-hybridized carbons (Fsp3) is 0.700. The van der Waals surface area contributed by atoms with Gasteiger partial charge in [-0.05, 0) is 25.2 Å². The standard InChI is InChI=1S/C20H38N8O7/c1-3-10(2)15(22)18(33)27-11(5-4-8-25-20(23)24)16(31)26-12(6-7-14(21)30)17(32)28-13(9-29)19(34)35/h10-13,15,29H,3-9,22H2,1-2H3,(H2,21,30)(H,26,31)(H,27,33)(H,28,32)(H,34,35)(H4,23,24,25). The summed E-state index contributed by atoms with van der Waals surface area (Å²) < 4.78 is 0. The maximum atomic E-state index is 13.0. The Morgan fingerprint density at radius 1 is 0.886 bits per heavy atom. The predicted octanol–water partition coefficient (Wildman–Crippen LogP) is -3.79. The molecule has 0 radical (unpaired) electrons. The Morgan fingerprint density at radius 2 is 1.40 bits per heavy atom. The van der Waals surface area contributed by atoms with E-state index in [0.29, 0.717) is 12.8 Å². The van der Waals surface area contributed by atoms with Crippen molar-refractivity contribution >= 4 is 35.6 Å². The van der Waals surface area contributed by atoms with Gasteiger partial charge in [0.05, 0.1) is 12.6 Å². The number of carboxylic acids is 1. The van der Waals surface area contributed by atoms with Gasteiger partial charge in [0.25, 0.3) is 0 Å². The van der Waals surface area contributed by atoms with Crippen molar-refractivity contribution in [2.45, 2.75) is 70.1 Å². The lowest BCUT2D eigenvalue weighted by Crippen LogP contribution is -2.58. The number of nitrogens with zero attached hydrogens (tertiary/aromatic N) is 1. The largest absolute Gasteiger partial charge is 0.480 e. The molecule has 0 heterocycles. The van der Waals surface area contributed by atoms with Crippen LogP contribution in [0.1, 0.15) is 46.0 Å². The Labute approximate surface area is 203 Å². The first-order chi connectivity index (χ1) is 16.3. The van der Waals surface area contributed by atoms with Crippen LogP contribution < -0.4 is 38.9 Å². The molecule has 0 aromatic heterocycles. The Balaban J connectivity index is 5.63. The van der Waals surface area contributed by atoms with Gasteiger partial charge in [-0.2, -0.15) is 0 Å². The van der Waals surface area contributed by atoms with E-state index in [0.717, 1.165) is 0 Å². The molecule has 5 atom stereocenters. The number of carbonyl (C=O) groups excluding carboxylic acids is 4. The SMILES string of the molecule is CCC(C)C(N)C(=O)NC(CCCN=C(N)N)C(=O)NC(CCC(N)=O)C(=O)NC(CO)C(=O)O. The van der Waals surface area contributed by atoms with E-state index in [4.69, 9.17) is 33.1 Å². The zero-order chi connectivity index (χ0) is 27.1. The minimum Gasteiger partial charge on any atom is -0.480 e. The molecule has 0 aromatic carbocycles. The van der Waals surface area contributed by atoms with Crippen molar-refractivity contribution in [1.29, 1.82) is 0 Å². The fourth-order valence-corrected chi connectivity index (χ4v) is 2.84. The molecule has 0 rings (SSSR count). The minimum absolute atomic E-state index is 0.0835. The molecule has 0 spiro atoms. The van der Waals surface area contributed by atoms with Crippen LogP contribution in [0.5, 0.6) is 0 Å². The molecule has 0 aliphatic rings. The average molecular weight is 503 g/mol. The lowest BCUT2D eigenvalue weighted by molar-refractivity contribution is -0.143. The first-order valence-corrected chi connectivity index (χ1v) is 11.2. The molecule has 5 unspecified atom stereocenters. The van der Waals surface area contributed by atoms with Crippen LogP contribution in [0.25, 0.3) is 0 Å². The van der Waals surface area contributed by atoms with E-state index in [1.54, 1.807) is 6.92 Å². The summed E-state index contributed by atoms with van der Waals surface area (Å²) in [6.07, 6.45) is 0.459. The third-order valence-corrected chi connectivity index (χ3v) is 5.25. The maximum Gasteiger partial charge on any atom is 0.328 e. The summed E-state index contributed by atoms with van der Waals surface area (Å²) in [5, 5.41) is 25.2. The highest BCUT2D eigenvalue weighted by Crippen LogP contribution is 2.08. The second-order valence-electron chi connectivity index (χ2n) is 8.07. The van der Waals surface area contributed by atoms with Crippen molar-refractivity contribution in [1.82, 2.24) is 16.0 Å². The van der Waals surface area contributed by atoms with Crippen molar-refractivity contribution < 1.29 is 34.2 Å². The van der Waals surface area contributed by atoms with Crippen LogP contribution in [0.3, 0.4) is 0 Å². The predicted molar refractivity (Wildman–Crippen MR) is 126 cm³/mol. The molecule has 0 aliphatic heterocycles. The number of hydrogen-bond donors (Lipinski definition) is 9. The molecule has 13 N–H and O–H groups in total. The number of primary amides is 1. The lowest BCUT2D eigenvalue weighted by atomic mass is 9.98. The van der Waals surface area contributed by atoms with Crippen LogP contribution in [-0.4, -0.2) is 83.1 Å². The van der Waals surface area contributed by atoms with Crippen molar-refractivity contribution in [2.75, 3.05) is 13.2 Å². The highest BCUT2D eigenvalue weighted by Gasteiger charge is 2.30. The highest BCUT2D eigenvalue weighted by atomic mass is 16.4. The third kappa shape index (κ3) is 12.5. The normalized spacial score (nSPS) is 15.0. The maximum absolute atomic E-state index is 13.0. The van der Waals surface area contributed by atoms with Crippen LogP contribution >= 0.6 is 0 Å². The van der Waals surface area contributed by atoms with E-state index in [1.165, 1.54) is 0 Å². The number of aliphatic hydroxyl groups is 1. The summed E-state index contributed by atoms with van der Waals surface area (Å²) in [5.74, 6) is -4.87. The molecule has 0 saturated heterocycles. The average Bonchev–Trinajstić information content (AvgIpc) is 2.79. The summed E-state index contributed by atoms with van der Waals surface area (Å²) in [6, 6.07) is -5.02. The number of carboxylic acid groups (broad SMARTS) is 1. The zero-order valence-corrected chi connectivity index (χ0v) is 20.0. The molecule has 200 valence electrons. The number of aliphatic carboxylic acids is 1. The monoisotopic (exact) mass is 502 g/mol. The fourth-order valence-electron chi connectivity index (χ4n) is 2.84. The first-order valence-electron chi connectivity index (χ1n) is 11.2. The Morgan fingerprint density at radius 3 is 1.86 bits per heavy atom. The van der Waals surface area contributed by atoms with Gasteiger partial charge in [-0.25, -0.2) is 4.79 Å². The highest BCUT2D eigenvalue weighted by molar-refractivity contribution is 5.94. The summed E-state index contributed by atoms with van der Waals surface area (Å²) in [6.45, 7) is 2.91. The summed E-state index contributed by atoms with van der Waals surface area (Å²) in [4.78, 5) is 64.3. The lowest BCUT2D eigenvalue weighted by Gasteiger charge is -2.25. The molecule has 0 aliphatic carbocycles. The Hall–Kier alpha value is -3.46. The molecule has 15 heteroatoms. The number of amides is 4. The molecule has 15 nitrogen and oxygen atoms in total. The Bertz CT molecular complexity index is 773. The zero-order valence-electron chi connectivity index (χ0n) is 20.0. The number of hydrogen-bond acceptors (Lipinski definition) is 8. The van der Waals surface area contributed by atoms with E-state index in [1.807, 2.05) is 6.92 Å². The number of aliphatic imine (C=N–C) groups is 1. The second kappa shape index (κ2) is 16.2. The van der Waals surface area contributed by atoms with Gasteiger partial charge in [0.15, 0.2) is 5.96 Å². The van der Waals surface area contributed by atoms with Crippen molar-refractivity contribution in [3.8, 4) is 0 Å². The van der Waals surface area contributed by atoms with Gasteiger partial charge >= 0.3 is 5.97 Å². The summed E-state index contributed by atoms with van der Waals surface area (Å²) in [5.41, 5.74) is 21.7. The topological polar surface area (TPSA) is 278 Å². The van der Waals surface area contributed by atoms with Gasteiger partial charge in [-0.1, -0.05) is 20.3 Å². The molecule has 0 aromatic rings. The first kappa shape index (κ1) is 31.5. The van der Waals surface area contributed by atoms with Gasteiger partial charge in [0.2, 0.25) is 23.6 Å². The molecule has 35 heavy (non-hydrogen) atoms. The van der Waals surface area contributed by atoms with E-state index < -0.39 is 60.4 Å². The van der Waals surface area contributed by atoms with Crippen LogP contribution in [0.4, 0.5) is 0 Å². The number of aliphatic hydroxyl groups excluding tert-OH is 1. The van der Waals surface area contributed by atoms with E-state index in [9.17, 15) is 24.0 Å². The smallest absolute Gasteiger partial charge is 0.328 e. The third-order valence-electron chi connectivity index (χ3n) is 5.25. The number of rotatable bonds is 17. The van der Waals surface area contributed by atoms with Crippen molar-refractivity contribution in [3.05, 3.63) is 0 Å². The molecule has 0 fully saturated rings. The number of guanidine groups is 1. The van der Waals surface area contributed by atoms with Gasteiger partial charge in [-0.3, -0.25) is 24.2 Å². The molecule has 0 bridgehead atoms. The van der Waals surface area contributed by atoms with Crippen LogP contribution in [0, 0.1) is 5.92 Å². The summed E-state index contributed by atoms with van der Waals surface area (Å²) >= 11 is 0. The molecular weight excluding hydrogens is 464 g/mol. The van der Waals surface area contributed by atoms with E-state index in [-0.39, 0.29) is 37.7 Å². The van der Waals surface area contributed by atoms with Gasteiger partial charge in [-0.15, -0.1) is 0 Å². The van der Waals surface area contributed by atoms with Crippen LogP contribution in [0.15, 0.2) is 4.99 Å². The number of nitrogens with two attached hydrogens (primary N) is 4. The Kier molecular flexibility index (Phi) is 14.6. The quantitative estimate of drug-likeness (QED) is 0.0531. The number of carbonyl (C=O) groups is 5. The molecule has 0 saturated carbocycles. The van der Waals surface area contributed by atoms with Gasteiger partial charge in [0.1, 0.15) is 18.1 Å². The summed E-state index contributed by atoms with van der Waals surface area (Å²) in [7, 11) is 0. The second-order valence-corrected chi connectivity index (χ2v) is 8.07. The molecular formula is C20H38N8O7. The van der Waals surface area contributed by atoms with Crippen LogP contribution in [-0.2, 0) is 24.0 Å². The van der Waals surface area contributed by atoms with Crippen molar-refractivity contribution in [3.63, 3.8) is 0 Å². The number of nitrogens with one attached hydrogen (secondary N) is 3. The van der Waals surface area contributed by atoms with Gasteiger partial charge < -0.3 is 49.1 Å². The van der Waals surface area contributed by atoms with Crippen molar-refractivity contribution in [2.24, 2.45) is 33.8 Å². The van der Waals surface area contributed by atoms with E-state index in [2.05, 4.69) is 20.9 Å². The van der Waals surface area contributed by atoms with Crippen LogP contribution in [0.2, 0.25) is 0 Å². The molecule has 4 amide bonds. The van der Waals surface area contributed by atoms with E-state index >= 15 is 0 Å².